The van der Waals surface area contributed by atoms with Crippen LogP contribution in [0.3, 0.4) is 0 Å². The third-order valence-corrected chi connectivity index (χ3v) is 4.61. The zero-order valence-electron chi connectivity index (χ0n) is 14.8. The standard InChI is InChI=1S/C17H23N5O3/c1-10-15(11(2)25-21-10)19-17(24)13-9-14(22(3)20-13)18-16(23)12-7-5-4-6-8-12/h9,12H,4-8H2,1-3H3,(H,18,23)(H,19,24). The van der Waals surface area contributed by atoms with Gasteiger partial charge < -0.3 is 15.2 Å². The minimum Gasteiger partial charge on any atom is -0.359 e. The van der Waals surface area contributed by atoms with Crippen molar-refractivity contribution in [2.24, 2.45) is 13.0 Å². The van der Waals surface area contributed by atoms with Gasteiger partial charge in [0.05, 0.1) is 0 Å². The Hall–Kier alpha value is -2.64. The Kier molecular flexibility index (Phi) is 4.87. The van der Waals surface area contributed by atoms with E-state index in [0.717, 1.165) is 25.7 Å². The van der Waals surface area contributed by atoms with Gasteiger partial charge in [0, 0.05) is 19.0 Å². The largest absolute Gasteiger partial charge is 0.359 e. The maximum atomic E-state index is 12.4. The number of anilines is 2. The molecule has 0 spiro atoms. The van der Waals surface area contributed by atoms with Crippen molar-refractivity contribution in [3.63, 3.8) is 0 Å². The summed E-state index contributed by atoms with van der Waals surface area (Å²) in [5.41, 5.74) is 1.37. The molecule has 3 rings (SSSR count). The van der Waals surface area contributed by atoms with Crippen LogP contribution in [0.15, 0.2) is 10.6 Å². The maximum Gasteiger partial charge on any atom is 0.276 e. The zero-order chi connectivity index (χ0) is 18.0. The topological polar surface area (TPSA) is 102 Å². The molecule has 0 radical (unpaired) electrons. The van der Waals surface area contributed by atoms with Crippen LogP contribution in [0.4, 0.5) is 11.5 Å². The van der Waals surface area contributed by atoms with E-state index in [2.05, 4.69) is 20.9 Å². The van der Waals surface area contributed by atoms with Gasteiger partial charge in [-0.3, -0.25) is 14.3 Å². The van der Waals surface area contributed by atoms with E-state index >= 15 is 0 Å². The van der Waals surface area contributed by atoms with Gasteiger partial charge in [-0.2, -0.15) is 5.10 Å². The summed E-state index contributed by atoms with van der Waals surface area (Å²) >= 11 is 0. The summed E-state index contributed by atoms with van der Waals surface area (Å²) in [7, 11) is 1.70. The molecule has 25 heavy (non-hydrogen) atoms. The molecular weight excluding hydrogens is 322 g/mol. The Morgan fingerprint density at radius 1 is 1.20 bits per heavy atom. The average Bonchev–Trinajstić information content (AvgIpc) is 3.12. The average molecular weight is 345 g/mol. The molecule has 8 heteroatoms. The predicted molar refractivity (Wildman–Crippen MR) is 92.3 cm³/mol. The molecule has 2 aromatic heterocycles. The van der Waals surface area contributed by atoms with Crippen molar-refractivity contribution in [3.8, 4) is 0 Å². The molecule has 1 aliphatic carbocycles. The number of carbonyl (C=O) groups excluding carboxylic acids is 2. The highest BCUT2D eigenvalue weighted by Gasteiger charge is 2.23. The van der Waals surface area contributed by atoms with Crippen molar-refractivity contribution in [1.82, 2.24) is 14.9 Å². The molecule has 0 saturated heterocycles. The zero-order valence-corrected chi connectivity index (χ0v) is 14.8. The summed E-state index contributed by atoms with van der Waals surface area (Å²) in [5, 5.41) is 13.6. The monoisotopic (exact) mass is 345 g/mol. The third-order valence-electron chi connectivity index (χ3n) is 4.61. The van der Waals surface area contributed by atoms with Gasteiger partial charge in [-0.15, -0.1) is 0 Å². The highest BCUT2D eigenvalue weighted by atomic mass is 16.5. The van der Waals surface area contributed by atoms with Gasteiger partial charge in [0.15, 0.2) is 11.5 Å². The predicted octanol–water partition coefficient (Wildman–Crippen LogP) is 2.80. The van der Waals surface area contributed by atoms with Crippen LogP contribution in [0.25, 0.3) is 0 Å². The van der Waals surface area contributed by atoms with Crippen LogP contribution in [0.1, 0.15) is 54.0 Å². The third kappa shape index (κ3) is 3.72. The smallest absolute Gasteiger partial charge is 0.276 e. The second-order valence-corrected chi connectivity index (χ2v) is 6.52. The molecule has 0 atom stereocenters. The lowest BCUT2D eigenvalue weighted by molar-refractivity contribution is -0.120. The molecular formula is C17H23N5O3. The van der Waals surface area contributed by atoms with Crippen LogP contribution in [0.2, 0.25) is 0 Å². The van der Waals surface area contributed by atoms with E-state index in [1.54, 1.807) is 27.0 Å². The summed E-state index contributed by atoms with van der Waals surface area (Å²) in [6, 6.07) is 1.58. The highest BCUT2D eigenvalue weighted by molar-refractivity contribution is 6.04. The summed E-state index contributed by atoms with van der Waals surface area (Å²) in [6.07, 6.45) is 5.22. The van der Waals surface area contributed by atoms with Crippen molar-refractivity contribution >= 4 is 23.3 Å². The van der Waals surface area contributed by atoms with Gasteiger partial charge in [0.25, 0.3) is 5.91 Å². The number of nitrogens with one attached hydrogen (secondary N) is 2. The minimum atomic E-state index is -0.372. The Labute approximate surface area is 145 Å². The molecule has 2 N–H and O–H groups in total. The van der Waals surface area contributed by atoms with Crippen molar-refractivity contribution in [2.45, 2.75) is 46.0 Å². The van der Waals surface area contributed by atoms with Crippen LogP contribution in [-0.2, 0) is 11.8 Å². The fourth-order valence-electron chi connectivity index (χ4n) is 3.13. The fraction of sp³-hybridized carbons (Fsp3) is 0.529. The van der Waals surface area contributed by atoms with Gasteiger partial charge in [-0.25, -0.2) is 0 Å². The number of hydrogen-bond acceptors (Lipinski definition) is 5. The van der Waals surface area contributed by atoms with Crippen molar-refractivity contribution < 1.29 is 14.1 Å². The van der Waals surface area contributed by atoms with Crippen molar-refractivity contribution in [3.05, 3.63) is 23.2 Å². The quantitative estimate of drug-likeness (QED) is 0.887. The van der Waals surface area contributed by atoms with E-state index in [0.29, 0.717) is 23.0 Å². The summed E-state index contributed by atoms with van der Waals surface area (Å²) in [5.74, 6) is 0.721. The Bertz CT molecular complexity index is 767. The number of carbonyl (C=O) groups is 2. The molecule has 8 nitrogen and oxygen atoms in total. The first-order valence-corrected chi connectivity index (χ1v) is 8.55. The second kappa shape index (κ2) is 7.08. The first-order chi connectivity index (χ1) is 12.0. The number of hydrogen-bond donors (Lipinski definition) is 2. The first kappa shape index (κ1) is 17.2. The van der Waals surface area contributed by atoms with Crippen LogP contribution in [-0.4, -0.2) is 26.8 Å². The summed E-state index contributed by atoms with van der Waals surface area (Å²) in [4.78, 5) is 24.8. The molecule has 0 bridgehead atoms. The Balaban J connectivity index is 1.69. The van der Waals surface area contributed by atoms with Gasteiger partial charge in [-0.05, 0) is 26.7 Å². The normalized spacial score (nSPS) is 15.2. The summed E-state index contributed by atoms with van der Waals surface area (Å²) < 4.78 is 6.54. The molecule has 0 aromatic carbocycles. The fourth-order valence-corrected chi connectivity index (χ4v) is 3.13. The number of aromatic nitrogens is 3. The molecule has 0 unspecified atom stereocenters. The van der Waals surface area contributed by atoms with E-state index in [1.807, 2.05) is 0 Å². The van der Waals surface area contributed by atoms with E-state index in [1.165, 1.54) is 11.1 Å². The lowest BCUT2D eigenvalue weighted by Gasteiger charge is -2.20. The van der Waals surface area contributed by atoms with Crippen molar-refractivity contribution in [2.75, 3.05) is 10.6 Å². The van der Waals surface area contributed by atoms with Gasteiger partial charge in [0.1, 0.15) is 17.2 Å². The number of nitrogens with zero attached hydrogens (tertiary/aromatic N) is 3. The van der Waals surface area contributed by atoms with Gasteiger partial charge in [-0.1, -0.05) is 24.4 Å². The molecule has 1 fully saturated rings. The number of aryl methyl sites for hydroxylation is 3. The van der Waals surface area contributed by atoms with E-state index < -0.39 is 0 Å². The van der Waals surface area contributed by atoms with E-state index in [-0.39, 0.29) is 23.4 Å². The first-order valence-electron chi connectivity index (χ1n) is 8.55. The van der Waals surface area contributed by atoms with Crippen LogP contribution in [0.5, 0.6) is 0 Å². The molecule has 0 aliphatic heterocycles. The van der Waals surface area contributed by atoms with Gasteiger partial charge in [0.2, 0.25) is 5.91 Å². The molecule has 2 aromatic rings. The SMILES string of the molecule is Cc1noc(C)c1NC(=O)c1cc(NC(=O)C2CCCCC2)n(C)n1. The Morgan fingerprint density at radius 2 is 1.92 bits per heavy atom. The van der Waals surface area contributed by atoms with Crippen molar-refractivity contribution in [1.29, 1.82) is 0 Å². The van der Waals surface area contributed by atoms with Crippen LogP contribution in [0, 0.1) is 19.8 Å². The highest BCUT2D eigenvalue weighted by Crippen LogP contribution is 2.25. The maximum absolute atomic E-state index is 12.4. The van der Waals surface area contributed by atoms with Crippen LogP contribution < -0.4 is 10.6 Å². The molecule has 134 valence electrons. The minimum absolute atomic E-state index is 0.000353. The molecule has 2 heterocycles. The lowest BCUT2D eigenvalue weighted by atomic mass is 9.89. The van der Waals surface area contributed by atoms with Crippen LogP contribution >= 0.6 is 0 Å². The summed E-state index contributed by atoms with van der Waals surface area (Å²) in [6.45, 7) is 3.48. The number of rotatable bonds is 4. The lowest BCUT2D eigenvalue weighted by Crippen LogP contribution is -2.25. The van der Waals surface area contributed by atoms with E-state index in [4.69, 9.17) is 4.52 Å². The molecule has 1 saturated carbocycles. The molecule has 1 aliphatic rings. The second-order valence-electron chi connectivity index (χ2n) is 6.52. The molecule has 2 amide bonds. The Morgan fingerprint density at radius 3 is 2.56 bits per heavy atom. The van der Waals surface area contributed by atoms with Gasteiger partial charge >= 0.3 is 0 Å². The van der Waals surface area contributed by atoms with E-state index in [9.17, 15) is 9.59 Å². The number of amides is 2.